The van der Waals surface area contributed by atoms with Crippen molar-refractivity contribution < 1.29 is 9.59 Å². The summed E-state index contributed by atoms with van der Waals surface area (Å²) in [5, 5.41) is 2.64. The van der Waals surface area contributed by atoms with E-state index in [1.54, 1.807) is 4.90 Å². The number of nitrogens with zero attached hydrogens (tertiary/aromatic N) is 2. The van der Waals surface area contributed by atoms with E-state index in [1.807, 2.05) is 42.5 Å². The zero-order valence-corrected chi connectivity index (χ0v) is 17.7. The van der Waals surface area contributed by atoms with Crippen LogP contribution in [0.2, 0.25) is 0 Å². The van der Waals surface area contributed by atoms with Crippen LogP contribution in [0.1, 0.15) is 43.4 Å². The van der Waals surface area contributed by atoms with Crippen LogP contribution in [0.3, 0.4) is 0 Å². The molecule has 2 aromatic rings. The van der Waals surface area contributed by atoms with Gasteiger partial charge in [0.05, 0.1) is 6.54 Å². The van der Waals surface area contributed by atoms with Crippen molar-refractivity contribution in [2.45, 2.75) is 51.7 Å². The second-order valence-electron chi connectivity index (χ2n) is 8.29. The molecule has 3 N–H and O–H groups in total. The molecule has 1 heterocycles. The van der Waals surface area contributed by atoms with Crippen LogP contribution >= 0.6 is 0 Å². The van der Waals surface area contributed by atoms with E-state index >= 15 is 0 Å². The van der Waals surface area contributed by atoms with E-state index in [0.717, 1.165) is 17.5 Å². The molecule has 1 aliphatic heterocycles. The Balaban J connectivity index is 1.75. The highest BCUT2D eigenvalue weighted by atomic mass is 16.2. The fraction of sp³-hybridized carbons (Fsp3) is 0.375. The number of aryl methyl sites for hydroxylation is 1. The summed E-state index contributed by atoms with van der Waals surface area (Å²) in [4.78, 5) is 30.3. The molecule has 30 heavy (non-hydrogen) atoms. The minimum Gasteiger partial charge on any atom is -0.369 e. The van der Waals surface area contributed by atoms with Gasteiger partial charge in [-0.3, -0.25) is 14.5 Å². The van der Waals surface area contributed by atoms with Gasteiger partial charge in [0.2, 0.25) is 6.41 Å². The Morgan fingerprint density at radius 1 is 1.07 bits per heavy atom. The van der Waals surface area contributed by atoms with E-state index in [4.69, 9.17) is 10.7 Å². The Bertz CT molecular complexity index is 893. The summed E-state index contributed by atoms with van der Waals surface area (Å²) < 4.78 is 0. The van der Waals surface area contributed by atoms with E-state index in [2.05, 4.69) is 31.3 Å². The molecule has 2 amide bonds. The van der Waals surface area contributed by atoms with Crippen LogP contribution in [0.25, 0.3) is 0 Å². The topological polar surface area (TPSA) is 87.8 Å². The van der Waals surface area contributed by atoms with E-state index in [-0.39, 0.29) is 5.91 Å². The molecule has 0 radical (unpaired) electrons. The Labute approximate surface area is 178 Å². The van der Waals surface area contributed by atoms with Crippen LogP contribution in [0, 0.1) is 5.92 Å². The van der Waals surface area contributed by atoms with Crippen molar-refractivity contribution in [2.75, 3.05) is 0 Å². The van der Waals surface area contributed by atoms with Crippen molar-refractivity contribution in [1.29, 1.82) is 0 Å². The summed E-state index contributed by atoms with van der Waals surface area (Å²) in [6.45, 7) is 5.09. The first-order valence-corrected chi connectivity index (χ1v) is 10.4. The first kappa shape index (κ1) is 21.6. The van der Waals surface area contributed by atoms with E-state index in [0.29, 0.717) is 44.2 Å². The van der Waals surface area contributed by atoms with E-state index < -0.39 is 5.54 Å². The number of amides is 2. The SMILES string of the molecule is CC(C)CC1(CCc2ccccc2)N=C(N)N(Cc2ccc(CNC=O)cc2)C1=O. The number of rotatable bonds is 10. The molecule has 6 nitrogen and oxygen atoms in total. The highest BCUT2D eigenvalue weighted by Crippen LogP contribution is 2.34. The van der Waals surface area contributed by atoms with Crippen molar-refractivity contribution in [3.8, 4) is 0 Å². The minimum atomic E-state index is -0.804. The van der Waals surface area contributed by atoms with Gasteiger partial charge in [-0.2, -0.15) is 0 Å². The minimum absolute atomic E-state index is 0.0173. The molecule has 0 spiro atoms. The van der Waals surface area contributed by atoms with Crippen LogP contribution in [-0.2, 0) is 29.1 Å². The highest BCUT2D eigenvalue weighted by Gasteiger charge is 2.47. The standard InChI is InChI=1S/C24H30N4O2/c1-18(2)14-24(13-12-19-6-4-3-5-7-19)22(30)28(23(25)27-24)16-21-10-8-20(9-11-21)15-26-17-29/h3-11,17-18H,12-16H2,1-2H3,(H2,25,27)(H,26,29). The predicted octanol–water partition coefficient (Wildman–Crippen LogP) is 3.01. The number of nitrogens with two attached hydrogens (primary N) is 1. The maximum atomic E-state index is 13.5. The molecule has 6 heteroatoms. The molecule has 1 atom stereocenters. The van der Waals surface area contributed by atoms with Crippen LogP contribution in [0.4, 0.5) is 0 Å². The summed E-state index contributed by atoms with van der Waals surface area (Å²) in [5.74, 6) is 0.600. The maximum Gasteiger partial charge on any atom is 0.257 e. The summed E-state index contributed by atoms with van der Waals surface area (Å²) >= 11 is 0. The first-order valence-electron chi connectivity index (χ1n) is 10.4. The van der Waals surface area contributed by atoms with Gasteiger partial charge in [-0.05, 0) is 41.9 Å². The number of hydrogen-bond acceptors (Lipinski definition) is 4. The zero-order chi connectivity index (χ0) is 21.6. The van der Waals surface area contributed by atoms with Crippen molar-refractivity contribution in [1.82, 2.24) is 10.2 Å². The lowest BCUT2D eigenvalue weighted by atomic mass is 9.83. The largest absolute Gasteiger partial charge is 0.369 e. The van der Waals surface area contributed by atoms with Crippen LogP contribution in [0.15, 0.2) is 59.6 Å². The number of carbonyl (C=O) groups excluding carboxylic acids is 2. The third-order valence-corrected chi connectivity index (χ3v) is 5.42. The van der Waals surface area contributed by atoms with Crippen molar-refractivity contribution in [2.24, 2.45) is 16.6 Å². The van der Waals surface area contributed by atoms with Gasteiger partial charge in [0.25, 0.3) is 5.91 Å². The maximum absolute atomic E-state index is 13.5. The van der Waals surface area contributed by atoms with Gasteiger partial charge < -0.3 is 11.1 Å². The molecule has 0 bridgehead atoms. The van der Waals surface area contributed by atoms with Gasteiger partial charge >= 0.3 is 0 Å². The summed E-state index contributed by atoms with van der Waals surface area (Å²) in [5.41, 5.74) is 8.60. The summed E-state index contributed by atoms with van der Waals surface area (Å²) in [6.07, 6.45) is 2.77. The zero-order valence-electron chi connectivity index (χ0n) is 17.7. The number of benzene rings is 2. The molecule has 0 aliphatic carbocycles. The number of guanidine groups is 1. The second kappa shape index (κ2) is 9.57. The fourth-order valence-corrected chi connectivity index (χ4v) is 4.01. The molecule has 1 unspecified atom stereocenters. The highest BCUT2D eigenvalue weighted by molar-refractivity contribution is 6.06. The Kier molecular flexibility index (Phi) is 6.87. The molecule has 0 aromatic heterocycles. The average Bonchev–Trinajstić information content (AvgIpc) is 2.96. The Morgan fingerprint density at radius 3 is 2.37 bits per heavy atom. The van der Waals surface area contributed by atoms with Crippen molar-refractivity contribution in [3.05, 3.63) is 71.3 Å². The third kappa shape index (κ3) is 5.06. The predicted molar refractivity (Wildman–Crippen MR) is 118 cm³/mol. The molecule has 0 fully saturated rings. The molecule has 3 rings (SSSR count). The van der Waals surface area contributed by atoms with Gasteiger partial charge in [-0.25, -0.2) is 4.99 Å². The van der Waals surface area contributed by atoms with Crippen LogP contribution < -0.4 is 11.1 Å². The summed E-state index contributed by atoms with van der Waals surface area (Å²) in [6, 6.07) is 18.0. The molecule has 0 saturated heterocycles. The van der Waals surface area contributed by atoms with Gasteiger partial charge in [0, 0.05) is 6.54 Å². The Morgan fingerprint density at radius 2 is 1.73 bits per heavy atom. The lowest BCUT2D eigenvalue weighted by Crippen LogP contribution is -2.44. The Hall–Kier alpha value is -3.15. The van der Waals surface area contributed by atoms with Crippen molar-refractivity contribution >= 4 is 18.3 Å². The lowest BCUT2D eigenvalue weighted by Gasteiger charge is -2.28. The molecule has 158 valence electrons. The number of aliphatic imine (C=N–C) groups is 1. The molecular formula is C24H30N4O2. The molecule has 2 aromatic carbocycles. The summed E-state index contributed by atoms with van der Waals surface area (Å²) in [7, 11) is 0. The average molecular weight is 407 g/mol. The lowest BCUT2D eigenvalue weighted by molar-refractivity contribution is -0.132. The fourth-order valence-electron chi connectivity index (χ4n) is 4.01. The third-order valence-electron chi connectivity index (χ3n) is 5.42. The van der Waals surface area contributed by atoms with Gasteiger partial charge in [0.1, 0.15) is 5.54 Å². The van der Waals surface area contributed by atoms with E-state index in [1.165, 1.54) is 5.56 Å². The van der Waals surface area contributed by atoms with Gasteiger partial charge in [0.15, 0.2) is 5.96 Å². The monoisotopic (exact) mass is 406 g/mol. The molecular weight excluding hydrogens is 376 g/mol. The second-order valence-corrected chi connectivity index (χ2v) is 8.29. The molecule has 1 aliphatic rings. The van der Waals surface area contributed by atoms with Crippen LogP contribution in [-0.4, -0.2) is 28.7 Å². The molecule has 0 saturated carbocycles. The van der Waals surface area contributed by atoms with E-state index in [9.17, 15) is 9.59 Å². The smallest absolute Gasteiger partial charge is 0.257 e. The van der Waals surface area contributed by atoms with Gasteiger partial charge in [-0.1, -0.05) is 68.4 Å². The first-order chi connectivity index (χ1) is 14.4. The number of hydrogen-bond donors (Lipinski definition) is 2. The van der Waals surface area contributed by atoms with Crippen LogP contribution in [0.5, 0.6) is 0 Å². The quantitative estimate of drug-likeness (QED) is 0.595. The van der Waals surface area contributed by atoms with Crippen molar-refractivity contribution in [3.63, 3.8) is 0 Å². The number of carbonyl (C=O) groups is 2. The normalized spacial score (nSPS) is 18.6. The number of nitrogens with one attached hydrogen (secondary N) is 1. The van der Waals surface area contributed by atoms with Gasteiger partial charge in [-0.15, -0.1) is 0 Å².